The largest absolute Gasteiger partial charge is 0.273 e. The molecule has 0 aliphatic carbocycles. The van der Waals surface area contributed by atoms with Crippen molar-refractivity contribution in [3.63, 3.8) is 0 Å². The zero-order valence-corrected chi connectivity index (χ0v) is 9.16. The minimum absolute atomic E-state index is 0.270. The van der Waals surface area contributed by atoms with Crippen molar-refractivity contribution in [2.75, 3.05) is 6.54 Å². The van der Waals surface area contributed by atoms with E-state index < -0.39 is 0 Å². The molecule has 4 heteroatoms. The smallest absolute Gasteiger partial charge is 0.242 e. The van der Waals surface area contributed by atoms with Gasteiger partial charge in [0.2, 0.25) is 5.91 Å². The molecular weight excluding hydrogens is 180 g/mol. The van der Waals surface area contributed by atoms with Crippen LogP contribution in [0.5, 0.6) is 0 Å². The number of carbonyl (C=O) groups excluding carboxylic acids is 1. The molecule has 0 rings (SSSR count). The van der Waals surface area contributed by atoms with Crippen LogP contribution in [0, 0.1) is 4.91 Å². The molecule has 4 nitrogen and oxygen atoms in total. The Kier molecular flexibility index (Phi) is 8.08. The Bertz CT molecular complexity index is 172. The van der Waals surface area contributed by atoms with Crippen LogP contribution in [-0.2, 0) is 4.79 Å². The molecule has 1 amide bonds. The van der Waals surface area contributed by atoms with Gasteiger partial charge in [0.25, 0.3) is 0 Å². The molecule has 0 heterocycles. The van der Waals surface area contributed by atoms with Crippen molar-refractivity contribution in [1.29, 1.82) is 0 Å². The Hall–Kier alpha value is -0.930. The van der Waals surface area contributed by atoms with E-state index in [1.54, 1.807) is 0 Å². The lowest BCUT2D eigenvalue weighted by Crippen LogP contribution is -2.23. The van der Waals surface area contributed by atoms with E-state index in [2.05, 4.69) is 12.2 Å². The number of hydrogen-bond acceptors (Lipinski definition) is 3. The highest BCUT2D eigenvalue weighted by molar-refractivity contribution is 5.72. The average Bonchev–Trinajstić information content (AvgIpc) is 2.16. The molecule has 0 aromatic carbocycles. The Morgan fingerprint density at radius 2 is 1.71 bits per heavy atom. The van der Waals surface area contributed by atoms with Crippen molar-refractivity contribution in [2.24, 2.45) is 5.29 Å². The van der Waals surface area contributed by atoms with Gasteiger partial charge in [-0.2, -0.15) is 5.01 Å². The van der Waals surface area contributed by atoms with Crippen LogP contribution in [0.15, 0.2) is 5.29 Å². The van der Waals surface area contributed by atoms with Crippen LogP contribution < -0.4 is 0 Å². The summed E-state index contributed by atoms with van der Waals surface area (Å²) in [6, 6.07) is 0. The second-order valence-corrected chi connectivity index (χ2v) is 3.49. The molecule has 0 aromatic rings. The SMILES string of the molecule is CCCCCCCCN(N=O)C(C)=O. The fraction of sp³-hybridized carbons (Fsp3) is 0.900. The zero-order valence-electron chi connectivity index (χ0n) is 9.16. The normalized spacial score (nSPS) is 9.86. The fourth-order valence-corrected chi connectivity index (χ4v) is 1.30. The summed E-state index contributed by atoms with van der Waals surface area (Å²) in [5.74, 6) is -0.270. The van der Waals surface area contributed by atoms with Crippen LogP contribution in [0.4, 0.5) is 0 Å². The standard InChI is InChI=1S/C10H20N2O2/c1-3-4-5-6-7-8-9-12(11-14)10(2)13/h3-9H2,1-2H3. The molecule has 0 atom stereocenters. The average molecular weight is 200 g/mol. The monoisotopic (exact) mass is 200 g/mol. The highest BCUT2D eigenvalue weighted by Crippen LogP contribution is 2.06. The minimum Gasteiger partial charge on any atom is -0.273 e. The third-order valence-electron chi connectivity index (χ3n) is 2.19. The molecule has 0 aromatic heterocycles. The molecule has 0 aliphatic heterocycles. The molecule has 0 N–H and O–H groups in total. The minimum atomic E-state index is -0.270. The predicted octanol–water partition coefficient (Wildman–Crippen LogP) is 2.88. The number of hydrogen-bond donors (Lipinski definition) is 0. The molecule has 0 radical (unpaired) electrons. The lowest BCUT2D eigenvalue weighted by Gasteiger charge is -2.09. The van der Waals surface area contributed by atoms with E-state index in [1.165, 1.54) is 32.6 Å². The van der Waals surface area contributed by atoms with Gasteiger partial charge >= 0.3 is 0 Å². The first-order valence-electron chi connectivity index (χ1n) is 5.33. The van der Waals surface area contributed by atoms with Gasteiger partial charge in [-0.15, -0.1) is 4.91 Å². The summed E-state index contributed by atoms with van der Waals surface area (Å²) < 4.78 is 0. The number of carbonyl (C=O) groups is 1. The third-order valence-corrected chi connectivity index (χ3v) is 2.19. The number of nitrogens with zero attached hydrogens (tertiary/aromatic N) is 2. The zero-order chi connectivity index (χ0) is 10.8. The van der Waals surface area contributed by atoms with Gasteiger partial charge in [-0.3, -0.25) is 4.79 Å². The first kappa shape index (κ1) is 13.1. The Morgan fingerprint density at radius 1 is 1.14 bits per heavy atom. The molecule has 14 heavy (non-hydrogen) atoms. The van der Waals surface area contributed by atoms with Crippen molar-refractivity contribution in [3.05, 3.63) is 4.91 Å². The van der Waals surface area contributed by atoms with Gasteiger partial charge in [-0.1, -0.05) is 39.0 Å². The maximum absolute atomic E-state index is 10.8. The number of amides is 1. The summed E-state index contributed by atoms with van der Waals surface area (Å²) in [5.41, 5.74) is 0. The van der Waals surface area contributed by atoms with Crippen molar-refractivity contribution in [2.45, 2.75) is 52.4 Å². The van der Waals surface area contributed by atoms with E-state index >= 15 is 0 Å². The molecule has 0 bridgehead atoms. The Labute approximate surface area is 85.6 Å². The van der Waals surface area contributed by atoms with Gasteiger partial charge < -0.3 is 0 Å². The summed E-state index contributed by atoms with van der Waals surface area (Å²) in [7, 11) is 0. The molecule has 0 spiro atoms. The van der Waals surface area contributed by atoms with Gasteiger partial charge in [0.05, 0.1) is 5.29 Å². The number of unbranched alkanes of at least 4 members (excludes halogenated alkanes) is 5. The van der Waals surface area contributed by atoms with Gasteiger partial charge in [0, 0.05) is 13.5 Å². The van der Waals surface area contributed by atoms with Crippen molar-refractivity contribution >= 4 is 5.91 Å². The molecule has 0 unspecified atom stereocenters. The second kappa shape index (κ2) is 8.66. The van der Waals surface area contributed by atoms with Crippen LogP contribution in [0.3, 0.4) is 0 Å². The van der Waals surface area contributed by atoms with Crippen LogP contribution in [-0.4, -0.2) is 17.5 Å². The van der Waals surface area contributed by atoms with Gasteiger partial charge in [-0.05, 0) is 6.42 Å². The summed E-state index contributed by atoms with van der Waals surface area (Å²) in [6.45, 7) is 4.00. The Balaban J connectivity index is 3.33. The van der Waals surface area contributed by atoms with E-state index in [-0.39, 0.29) is 5.91 Å². The Morgan fingerprint density at radius 3 is 2.21 bits per heavy atom. The van der Waals surface area contributed by atoms with Gasteiger partial charge in [-0.25, -0.2) is 0 Å². The summed E-state index contributed by atoms with van der Waals surface area (Å²) >= 11 is 0. The lowest BCUT2D eigenvalue weighted by molar-refractivity contribution is -0.129. The highest BCUT2D eigenvalue weighted by Gasteiger charge is 2.06. The fourth-order valence-electron chi connectivity index (χ4n) is 1.30. The molecule has 0 aliphatic rings. The van der Waals surface area contributed by atoms with Crippen LogP contribution in [0.25, 0.3) is 0 Å². The van der Waals surface area contributed by atoms with E-state index in [1.807, 2.05) is 0 Å². The maximum Gasteiger partial charge on any atom is 0.242 e. The molecule has 0 saturated heterocycles. The molecular formula is C10H20N2O2. The highest BCUT2D eigenvalue weighted by atomic mass is 16.3. The topological polar surface area (TPSA) is 49.7 Å². The van der Waals surface area contributed by atoms with Crippen molar-refractivity contribution < 1.29 is 4.79 Å². The maximum atomic E-state index is 10.8. The lowest BCUT2D eigenvalue weighted by atomic mass is 10.1. The summed E-state index contributed by atoms with van der Waals surface area (Å²) in [6.07, 6.45) is 6.86. The summed E-state index contributed by atoms with van der Waals surface area (Å²) in [4.78, 5) is 20.9. The van der Waals surface area contributed by atoms with E-state index in [0.717, 1.165) is 17.9 Å². The van der Waals surface area contributed by atoms with E-state index in [0.29, 0.717) is 6.54 Å². The predicted molar refractivity (Wildman–Crippen MR) is 56.6 cm³/mol. The van der Waals surface area contributed by atoms with Crippen LogP contribution in [0.1, 0.15) is 52.4 Å². The first-order chi connectivity index (χ1) is 6.72. The number of rotatable bonds is 8. The van der Waals surface area contributed by atoms with Gasteiger partial charge in [0.1, 0.15) is 0 Å². The number of nitroso groups, excluding NO2 is 1. The molecule has 82 valence electrons. The quantitative estimate of drug-likeness (QED) is 0.343. The third kappa shape index (κ3) is 6.57. The van der Waals surface area contributed by atoms with Crippen molar-refractivity contribution in [3.8, 4) is 0 Å². The second-order valence-electron chi connectivity index (χ2n) is 3.49. The van der Waals surface area contributed by atoms with E-state index in [4.69, 9.17) is 0 Å². The molecule has 0 fully saturated rings. The van der Waals surface area contributed by atoms with Crippen molar-refractivity contribution in [1.82, 2.24) is 5.01 Å². The summed E-state index contributed by atoms with van der Waals surface area (Å²) in [5, 5.41) is 3.64. The van der Waals surface area contributed by atoms with Gasteiger partial charge in [0.15, 0.2) is 0 Å². The van der Waals surface area contributed by atoms with E-state index in [9.17, 15) is 9.70 Å². The first-order valence-corrected chi connectivity index (χ1v) is 5.33. The van der Waals surface area contributed by atoms with Crippen LogP contribution >= 0.6 is 0 Å². The van der Waals surface area contributed by atoms with Crippen LogP contribution in [0.2, 0.25) is 0 Å². The molecule has 0 saturated carbocycles.